The Morgan fingerprint density at radius 1 is 1.30 bits per heavy atom. The van der Waals surface area contributed by atoms with Crippen LogP contribution in [0.15, 0.2) is 42.6 Å². The molecule has 0 radical (unpaired) electrons. The Kier molecular flexibility index (Phi) is 3.91. The van der Waals surface area contributed by atoms with Gasteiger partial charge in [-0.05, 0) is 29.0 Å². The van der Waals surface area contributed by atoms with Crippen molar-refractivity contribution in [1.29, 1.82) is 0 Å². The molecular formula is C14H11FN6O2. The summed E-state index contributed by atoms with van der Waals surface area (Å²) in [6.45, 7) is 0.409. The quantitative estimate of drug-likeness (QED) is 0.418. The van der Waals surface area contributed by atoms with Gasteiger partial charge in [0.1, 0.15) is 17.3 Å². The summed E-state index contributed by atoms with van der Waals surface area (Å²) >= 11 is 0. The molecule has 2 N–H and O–H groups in total. The zero-order valence-corrected chi connectivity index (χ0v) is 11.7. The molecule has 1 aromatic carbocycles. The van der Waals surface area contributed by atoms with Crippen molar-refractivity contribution in [2.75, 3.05) is 0 Å². The summed E-state index contributed by atoms with van der Waals surface area (Å²) in [5.74, 6) is -1.36. The summed E-state index contributed by atoms with van der Waals surface area (Å²) in [6.07, 6.45) is 2.61. The van der Waals surface area contributed by atoms with Gasteiger partial charge in [-0.15, -0.1) is 10.2 Å². The summed E-state index contributed by atoms with van der Waals surface area (Å²) in [5.41, 5.74) is 1.08. The van der Waals surface area contributed by atoms with E-state index in [-0.39, 0.29) is 23.1 Å². The number of carbonyl (C=O) groups excluding carboxylic acids is 1. The summed E-state index contributed by atoms with van der Waals surface area (Å²) < 4.78 is 14.4. The number of H-pyrrole nitrogens is 1. The number of aromatic nitrogens is 6. The van der Waals surface area contributed by atoms with E-state index in [0.29, 0.717) is 6.54 Å². The number of halogens is 1. The third-order valence-corrected chi connectivity index (χ3v) is 2.99. The van der Waals surface area contributed by atoms with Gasteiger partial charge in [-0.1, -0.05) is 12.1 Å². The molecule has 116 valence electrons. The van der Waals surface area contributed by atoms with Crippen LogP contribution in [0.3, 0.4) is 0 Å². The number of hydrogen-bond acceptors (Lipinski definition) is 6. The monoisotopic (exact) mass is 314 g/mol. The van der Waals surface area contributed by atoms with E-state index in [1.807, 2.05) is 0 Å². The van der Waals surface area contributed by atoms with Crippen LogP contribution in [0, 0.1) is 5.82 Å². The van der Waals surface area contributed by atoms with Crippen molar-refractivity contribution >= 4 is 11.5 Å². The number of aromatic amines is 1. The normalized spacial score (nSPS) is 11.6. The summed E-state index contributed by atoms with van der Waals surface area (Å²) in [6, 6.07) is 7.57. The topological polar surface area (TPSA) is 110 Å². The molecule has 0 bridgehead atoms. The van der Waals surface area contributed by atoms with Crippen LogP contribution in [-0.4, -0.2) is 41.3 Å². The largest absolute Gasteiger partial charge is 0.505 e. The zero-order chi connectivity index (χ0) is 16.2. The molecule has 9 heteroatoms. The predicted molar refractivity (Wildman–Crippen MR) is 76.8 cm³/mol. The van der Waals surface area contributed by atoms with E-state index >= 15 is 0 Å². The van der Waals surface area contributed by atoms with Gasteiger partial charge in [0, 0.05) is 12.3 Å². The maximum Gasteiger partial charge on any atom is 0.244 e. The Bertz CT molecular complexity index is 839. The third kappa shape index (κ3) is 3.46. The number of allylic oxidation sites excluding steroid dienone is 1. The predicted octanol–water partition coefficient (Wildman–Crippen LogP) is 1.37. The van der Waals surface area contributed by atoms with Crippen LogP contribution in [0.25, 0.3) is 5.76 Å². The van der Waals surface area contributed by atoms with Crippen molar-refractivity contribution < 1.29 is 14.3 Å². The van der Waals surface area contributed by atoms with Gasteiger partial charge in [0.25, 0.3) is 0 Å². The molecule has 0 amide bonds. The lowest BCUT2D eigenvalue weighted by molar-refractivity contribution is 0.103. The second-order valence-electron chi connectivity index (χ2n) is 4.65. The molecule has 3 aromatic rings. The molecule has 0 unspecified atom stereocenters. The Morgan fingerprint density at radius 3 is 2.78 bits per heavy atom. The lowest BCUT2D eigenvalue weighted by atomic mass is 10.2. The zero-order valence-electron chi connectivity index (χ0n) is 11.7. The SMILES string of the molecule is O=C(C=C(O)c1ccn(Cc2ccc(F)cc2)n1)c1nn[nH]n1. The fourth-order valence-corrected chi connectivity index (χ4v) is 1.89. The van der Waals surface area contributed by atoms with Gasteiger partial charge in [-0.25, -0.2) is 4.39 Å². The number of ketones is 1. The summed E-state index contributed by atoms with van der Waals surface area (Å²) in [4.78, 5) is 11.7. The van der Waals surface area contributed by atoms with E-state index in [9.17, 15) is 14.3 Å². The second kappa shape index (κ2) is 6.18. The van der Waals surface area contributed by atoms with Crippen molar-refractivity contribution in [2.24, 2.45) is 0 Å². The van der Waals surface area contributed by atoms with Crippen molar-refractivity contribution in [3.05, 3.63) is 65.5 Å². The van der Waals surface area contributed by atoms with Crippen LogP contribution in [0.1, 0.15) is 21.9 Å². The standard InChI is InChI=1S/C14H11FN6O2/c15-10-3-1-9(2-4-10)8-21-6-5-11(18-21)12(22)7-13(23)14-16-19-20-17-14/h1-7,22H,8H2,(H,16,17,19,20). The van der Waals surface area contributed by atoms with Crippen molar-refractivity contribution in [3.8, 4) is 0 Å². The highest BCUT2D eigenvalue weighted by atomic mass is 19.1. The van der Waals surface area contributed by atoms with E-state index in [1.54, 1.807) is 29.1 Å². The van der Waals surface area contributed by atoms with Crippen LogP contribution >= 0.6 is 0 Å². The minimum absolute atomic E-state index is 0.151. The van der Waals surface area contributed by atoms with E-state index < -0.39 is 5.78 Å². The van der Waals surface area contributed by atoms with Gasteiger partial charge >= 0.3 is 0 Å². The molecule has 3 rings (SSSR count). The number of nitrogens with one attached hydrogen (secondary N) is 1. The Balaban J connectivity index is 1.73. The highest BCUT2D eigenvalue weighted by Gasteiger charge is 2.12. The molecule has 2 heterocycles. The first-order valence-corrected chi connectivity index (χ1v) is 6.58. The maximum absolute atomic E-state index is 12.9. The smallest absolute Gasteiger partial charge is 0.244 e. The molecule has 8 nitrogen and oxygen atoms in total. The number of tetrazole rings is 1. The molecule has 0 fully saturated rings. The van der Waals surface area contributed by atoms with Crippen LogP contribution in [0.5, 0.6) is 0 Å². The number of aliphatic hydroxyl groups excluding tert-OH is 1. The molecule has 0 aliphatic carbocycles. The first-order valence-electron chi connectivity index (χ1n) is 6.58. The van der Waals surface area contributed by atoms with Gasteiger partial charge in [0.2, 0.25) is 11.6 Å². The molecular weight excluding hydrogens is 303 g/mol. The number of aliphatic hydroxyl groups is 1. The lowest BCUT2D eigenvalue weighted by Gasteiger charge is -2.01. The number of carbonyl (C=O) groups is 1. The Labute approximate surface area is 129 Å². The fourth-order valence-electron chi connectivity index (χ4n) is 1.89. The molecule has 2 aromatic heterocycles. The third-order valence-electron chi connectivity index (χ3n) is 2.99. The van der Waals surface area contributed by atoms with Gasteiger partial charge in [0.15, 0.2) is 0 Å². The minimum atomic E-state index is -0.593. The molecule has 0 aliphatic rings. The summed E-state index contributed by atoms with van der Waals surface area (Å²) in [7, 11) is 0. The fraction of sp³-hybridized carbons (Fsp3) is 0.0714. The first kappa shape index (κ1) is 14.6. The average Bonchev–Trinajstić information content (AvgIpc) is 3.21. The van der Waals surface area contributed by atoms with Crippen LogP contribution in [0.2, 0.25) is 0 Å². The van der Waals surface area contributed by atoms with Gasteiger partial charge < -0.3 is 5.11 Å². The minimum Gasteiger partial charge on any atom is -0.505 e. The average molecular weight is 314 g/mol. The highest BCUT2D eigenvalue weighted by molar-refractivity contribution is 6.04. The van der Waals surface area contributed by atoms with E-state index in [1.165, 1.54) is 12.1 Å². The summed E-state index contributed by atoms with van der Waals surface area (Å²) in [5, 5.41) is 26.5. The van der Waals surface area contributed by atoms with Crippen LogP contribution < -0.4 is 0 Å². The van der Waals surface area contributed by atoms with Crippen LogP contribution in [0.4, 0.5) is 4.39 Å². The van der Waals surface area contributed by atoms with E-state index in [0.717, 1.165) is 11.6 Å². The molecule has 0 aliphatic heterocycles. The number of hydrogen-bond donors (Lipinski definition) is 2. The molecule has 23 heavy (non-hydrogen) atoms. The van der Waals surface area contributed by atoms with Gasteiger partial charge in [-0.3, -0.25) is 9.48 Å². The molecule has 0 saturated carbocycles. The van der Waals surface area contributed by atoms with E-state index in [4.69, 9.17) is 0 Å². The highest BCUT2D eigenvalue weighted by Crippen LogP contribution is 2.11. The molecule has 0 spiro atoms. The van der Waals surface area contributed by atoms with Gasteiger partial charge in [-0.2, -0.15) is 10.3 Å². The van der Waals surface area contributed by atoms with Gasteiger partial charge in [0.05, 0.1) is 6.54 Å². The number of benzene rings is 1. The molecule has 0 saturated heterocycles. The second-order valence-corrected chi connectivity index (χ2v) is 4.65. The number of rotatable bonds is 5. The van der Waals surface area contributed by atoms with E-state index in [2.05, 4.69) is 25.7 Å². The maximum atomic E-state index is 12.9. The Hall–Kier alpha value is -3.36. The number of nitrogens with zero attached hydrogens (tertiary/aromatic N) is 5. The lowest BCUT2D eigenvalue weighted by Crippen LogP contribution is -2.02. The Morgan fingerprint density at radius 2 is 2.09 bits per heavy atom. The molecule has 0 atom stereocenters. The van der Waals surface area contributed by atoms with Crippen LogP contribution in [-0.2, 0) is 6.54 Å². The van der Waals surface area contributed by atoms with Crippen molar-refractivity contribution in [2.45, 2.75) is 6.54 Å². The van der Waals surface area contributed by atoms with Crippen molar-refractivity contribution in [3.63, 3.8) is 0 Å². The first-order chi connectivity index (χ1) is 11.1. The van der Waals surface area contributed by atoms with Crippen molar-refractivity contribution in [1.82, 2.24) is 30.4 Å².